The van der Waals surface area contributed by atoms with Gasteiger partial charge in [0.25, 0.3) is 5.56 Å². The molecule has 1 saturated heterocycles. The Labute approximate surface area is 153 Å². The molecule has 0 atom stereocenters. The molecular weight excluding hydrogens is 324 g/mol. The molecule has 3 heterocycles. The predicted octanol–water partition coefficient (Wildman–Crippen LogP) is 3.32. The Hall–Kier alpha value is -2.69. The van der Waals surface area contributed by atoms with Crippen molar-refractivity contribution in [3.63, 3.8) is 0 Å². The van der Waals surface area contributed by atoms with Crippen molar-refractivity contribution in [3.8, 4) is 0 Å². The summed E-state index contributed by atoms with van der Waals surface area (Å²) in [4.78, 5) is 23.5. The third-order valence-corrected chi connectivity index (χ3v) is 5.30. The first-order valence-electron chi connectivity index (χ1n) is 9.24. The zero-order valence-corrected chi connectivity index (χ0v) is 15.4. The first-order chi connectivity index (χ1) is 12.6. The molecule has 0 N–H and O–H groups in total. The summed E-state index contributed by atoms with van der Waals surface area (Å²) in [6.07, 6.45) is 5.46. The normalized spacial score (nSPS) is 15.5. The molecular formula is C21H24N4O. The monoisotopic (exact) mass is 348 g/mol. The van der Waals surface area contributed by atoms with Gasteiger partial charge in [-0.2, -0.15) is 0 Å². The van der Waals surface area contributed by atoms with Crippen molar-refractivity contribution in [3.05, 3.63) is 64.5 Å². The van der Waals surface area contributed by atoms with E-state index in [1.165, 1.54) is 11.1 Å². The van der Waals surface area contributed by atoms with Gasteiger partial charge in [-0.3, -0.25) is 14.3 Å². The Balaban J connectivity index is 1.51. The lowest BCUT2D eigenvalue weighted by molar-refractivity contribution is 0.351. The van der Waals surface area contributed by atoms with Crippen molar-refractivity contribution >= 4 is 16.6 Å². The van der Waals surface area contributed by atoms with Gasteiger partial charge in [0.15, 0.2) is 0 Å². The Bertz CT molecular complexity index is 987. The van der Waals surface area contributed by atoms with Crippen LogP contribution in [0.25, 0.3) is 10.9 Å². The van der Waals surface area contributed by atoms with Crippen LogP contribution >= 0.6 is 0 Å². The van der Waals surface area contributed by atoms with Gasteiger partial charge in [0.2, 0.25) is 0 Å². The maximum absolute atomic E-state index is 12.2. The zero-order chi connectivity index (χ0) is 18.1. The molecule has 1 aliphatic heterocycles. The van der Waals surface area contributed by atoms with Crippen molar-refractivity contribution < 1.29 is 0 Å². The predicted molar refractivity (Wildman–Crippen MR) is 105 cm³/mol. The summed E-state index contributed by atoms with van der Waals surface area (Å²) in [5.74, 6) is 0.516. The van der Waals surface area contributed by atoms with E-state index in [1.54, 1.807) is 17.1 Å². The number of nitrogens with zero attached hydrogens (tertiary/aromatic N) is 4. The summed E-state index contributed by atoms with van der Waals surface area (Å²) in [7, 11) is 0. The molecule has 0 bridgehead atoms. The average Bonchev–Trinajstić information content (AvgIpc) is 2.65. The van der Waals surface area contributed by atoms with Crippen LogP contribution in [-0.4, -0.2) is 27.6 Å². The Morgan fingerprint density at radius 1 is 1.15 bits per heavy atom. The lowest BCUT2D eigenvalue weighted by Gasteiger charge is -2.34. The first kappa shape index (κ1) is 16.8. The third-order valence-electron chi connectivity index (χ3n) is 5.30. The minimum atomic E-state index is 0.0817. The van der Waals surface area contributed by atoms with Crippen molar-refractivity contribution in [2.75, 3.05) is 18.0 Å². The lowest BCUT2D eigenvalue weighted by atomic mass is 9.95. The van der Waals surface area contributed by atoms with Gasteiger partial charge in [0.1, 0.15) is 0 Å². The quantitative estimate of drug-likeness (QED) is 0.728. The van der Waals surface area contributed by atoms with Gasteiger partial charge in [-0.1, -0.05) is 18.2 Å². The van der Waals surface area contributed by atoms with Crippen molar-refractivity contribution in [2.45, 2.75) is 33.2 Å². The molecule has 1 aromatic carbocycles. The van der Waals surface area contributed by atoms with E-state index in [0.29, 0.717) is 11.5 Å². The second-order valence-corrected chi connectivity index (χ2v) is 7.26. The van der Waals surface area contributed by atoms with Gasteiger partial charge in [0, 0.05) is 48.2 Å². The summed E-state index contributed by atoms with van der Waals surface area (Å²) in [6, 6.07) is 10.5. The maximum Gasteiger partial charge on any atom is 0.256 e. The van der Waals surface area contributed by atoms with E-state index in [1.807, 2.05) is 13.0 Å². The number of pyridine rings is 1. The number of hydrogen-bond acceptors (Lipinski definition) is 4. The summed E-state index contributed by atoms with van der Waals surface area (Å²) < 4.78 is 1.77. The second kappa shape index (κ2) is 6.90. The number of hydrogen-bond donors (Lipinski definition) is 0. The molecule has 0 amide bonds. The number of anilines is 1. The molecule has 134 valence electrons. The number of para-hydroxylation sites is 1. The van der Waals surface area contributed by atoms with Crippen LogP contribution in [0.4, 0.5) is 5.69 Å². The van der Waals surface area contributed by atoms with Crippen LogP contribution in [0.2, 0.25) is 0 Å². The Morgan fingerprint density at radius 2 is 1.92 bits per heavy atom. The van der Waals surface area contributed by atoms with E-state index in [4.69, 9.17) is 0 Å². The van der Waals surface area contributed by atoms with E-state index in [2.05, 4.69) is 46.1 Å². The molecule has 5 nitrogen and oxygen atoms in total. The first-order valence-corrected chi connectivity index (χ1v) is 9.24. The molecule has 0 radical (unpaired) electrons. The van der Waals surface area contributed by atoms with Crippen LogP contribution in [-0.2, 0) is 6.54 Å². The molecule has 5 heteroatoms. The molecule has 0 aliphatic carbocycles. The highest BCUT2D eigenvalue weighted by Gasteiger charge is 2.22. The van der Waals surface area contributed by atoms with Gasteiger partial charge >= 0.3 is 0 Å². The van der Waals surface area contributed by atoms with Gasteiger partial charge in [-0.05, 0) is 44.7 Å². The Morgan fingerprint density at radius 3 is 2.73 bits per heavy atom. The maximum atomic E-state index is 12.2. The fraction of sp³-hybridized carbons (Fsp3) is 0.381. The van der Waals surface area contributed by atoms with Crippen LogP contribution in [0.5, 0.6) is 0 Å². The van der Waals surface area contributed by atoms with Gasteiger partial charge < -0.3 is 4.90 Å². The number of fused-ring (bicyclic) bond motifs is 1. The van der Waals surface area contributed by atoms with Crippen molar-refractivity contribution in [1.29, 1.82) is 0 Å². The number of piperidine rings is 1. The molecule has 0 spiro atoms. The van der Waals surface area contributed by atoms with Crippen LogP contribution in [0.3, 0.4) is 0 Å². The SMILES string of the molecule is Cc1cc(N2CCC(Cn3cncc(C)c3=O)CC2)c2ccccc2n1. The van der Waals surface area contributed by atoms with Gasteiger partial charge in [-0.25, -0.2) is 4.98 Å². The number of aryl methyl sites for hydroxylation is 2. The van der Waals surface area contributed by atoms with Crippen molar-refractivity contribution in [1.82, 2.24) is 14.5 Å². The number of aromatic nitrogens is 3. The van der Waals surface area contributed by atoms with Crippen LogP contribution in [0.15, 0.2) is 47.7 Å². The molecule has 1 fully saturated rings. The molecule has 4 rings (SSSR count). The molecule has 2 aromatic heterocycles. The van der Waals surface area contributed by atoms with E-state index in [9.17, 15) is 4.79 Å². The minimum Gasteiger partial charge on any atom is -0.371 e. The van der Waals surface area contributed by atoms with E-state index < -0.39 is 0 Å². The second-order valence-electron chi connectivity index (χ2n) is 7.26. The van der Waals surface area contributed by atoms with Gasteiger partial charge in [-0.15, -0.1) is 0 Å². The van der Waals surface area contributed by atoms with E-state index in [-0.39, 0.29) is 5.56 Å². The van der Waals surface area contributed by atoms with Gasteiger partial charge in [0.05, 0.1) is 11.8 Å². The van der Waals surface area contributed by atoms with Crippen molar-refractivity contribution in [2.24, 2.45) is 5.92 Å². The highest BCUT2D eigenvalue weighted by Crippen LogP contribution is 2.30. The summed E-state index contributed by atoms with van der Waals surface area (Å²) >= 11 is 0. The zero-order valence-electron chi connectivity index (χ0n) is 15.4. The highest BCUT2D eigenvalue weighted by molar-refractivity contribution is 5.92. The molecule has 1 aliphatic rings. The fourth-order valence-electron chi connectivity index (χ4n) is 3.87. The molecule has 0 saturated carbocycles. The number of benzene rings is 1. The smallest absolute Gasteiger partial charge is 0.256 e. The summed E-state index contributed by atoms with van der Waals surface area (Å²) in [5.41, 5.74) is 4.18. The van der Waals surface area contributed by atoms with E-state index >= 15 is 0 Å². The number of rotatable bonds is 3. The topological polar surface area (TPSA) is 51.0 Å². The molecule has 0 unspecified atom stereocenters. The standard InChI is InChI=1S/C21H24N4O/c1-15-12-22-14-25(21(15)26)13-17-7-9-24(10-8-17)20-11-16(2)23-19-6-4-3-5-18(19)20/h3-6,11-12,14,17H,7-10,13H2,1-2H3. The largest absolute Gasteiger partial charge is 0.371 e. The highest BCUT2D eigenvalue weighted by atomic mass is 16.1. The average molecular weight is 348 g/mol. The molecule has 26 heavy (non-hydrogen) atoms. The molecule has 3 aromatic rings. The third kappa shape index (κ3) is 3.21. The fourth-order valence-corrected chi connectivity index (χ4v) is 3.87. The van der Waals surface area contributed by atoms with Crippen LogP contribution in [0.1, 0.15) is 24.1 Å². The Kier molecular flexibility index (Phi) is 4.45. The summed E-state index contributed by atoms with van der Waals surface area (Å²) in [5, 5.41) is 1.22. The summed E-state index contributed by atoms with van der Waals surface area (Å²) in [6.45, 7) is 6.65. The van der Waals surface area contributed by atoms with Crippen LogP contribution in [0, 0.1) is 19.8 Å². The van der Waals surface area contributed by atoms with E-state index in [0.717, 1.165) is 43.7 Å². The van der Waals surface area contributed by atoms with Crippen LogP contribution < -0.4 is 10.5 Å². The lowest BCUT2D eigenvalue weighted by Crippen LogP contribution is -2.36. The minimum absolute atomic E-state index is 0.0817.